The second kappa shape index (κ2) is 3.67. The standard InChI is InChI=1S/C9H5Cl3N2O/c10-9(11,12)8(15)6-5-14-4-2-1-3-7(14)13-6/h1-5H. The number of carbonyl (C=O) groups excluding carboxylic acids is 1. The van der Waals surface area contributed by atoms with Crippen molar-refractivity contribution in [3.63, 3.8) is 0 Å². The molecule has 0 amide bonds. The summed E-state index contributed by atoms with van der Waals surface area (Å²) in [6.07, 6.45) is 3.29. The molecule has 78 valence electrons. The van der Waals surface area contributed by atoms with E-state index >= 15 is 0 Å². The molecule has 2 heterocycles. The summed E-state index contributed by atoms with van der Waals surface area (Å²) in [7, 11) is 0. The van der Waals surface area contributed by atoms with Gasteiger partial charge in [-0.2, -0.15) is 0 Å². The normalized spacial score (nSPS) is 11.9. The van der Waals surface area contributed by atoms with E-state index in [1.54, 1.807) is 16.7 Å². The van der Waals surface area contributed by atoms with Crippen LogP contribution in [0.3, 0.4) is 0 Å². The summed E-state index contributed by atoms with van der Waals surface area (Å²) in [5.41, 5.74) is 0.774. The maximum Gasteiger partial charge on any atom is 0.255 e. The Bertz CT molecular complexity index is 482. The minimum Gasteiger partial charge on any atom is -0.306 e. The molecule has 0 fully saturated rings. The van der Waals surface area contributed by atoms with Gasteiger partial charge in [-0.1, -0.05) is 40.9 Å². The first-order valence-electron chi connectivity index (χ1n) is 4.04. The number of rotatable bonds is 1. The van der Waals surface area contributed by atoms with Crippen LogP contribution < -0.4 is 0 Å². The minimum atomic E-state index is -1.96. The van der Waals surface area contributed by atoms with E-state index in [1.807, 2.05) is 12.1 Å². The third-order valence-corrected chi connectivity index (χ3v) is 2.37. The van der Waals surface area contributed by atoms with Crippen molar-refractivity contribution in [3.05, 3.63) is 36.3 Å². The van der Waals surface area contributed by atoms with Gasteiger partial charge in [0.2, 0.25) is 5.78 Å². The van der Waals surface area contributed by atoms with Crippen molar-refractivity contribution in [2.24, 2.45) is 0 Å². The zero-order valence-corrected chi connectivity index (χ0v) is 9.59. The second-order valence-electron chi connectivity index (χ2n) is 2.92. The maximum atomic E-state index is 11.6. The highest BCUT2D eigenvalue weighted by Gasteiger charge is 2.33. The van der Waals surface area contributed by atoms with Crippen LogP contribution in [0.4, 0.5) is 0 Å². The molecule has 0 spiro atoms. The largest absolute Gasteiger partial charge is 0.306 e. The van der Waals surface area contributed by atoms with Gasteiger partial charge in [-0.3, -0.25) is 4.79 Å². The second-order valence-corrected chi connectivity index (χ2v) is 5.20. The molecule has 0 radical (unpaired) electrons. The third-order valence-electron chi connectivity index (χ3n) is 1.85. The molecule has 0 atom stereocenters. The Morgan fingerprint density at radius 2 is 2.07 bits per heavy atom. The van der Waals surface area contributed by atoms with Crippen molar-refractivity contribution in [1.29, 1.82) is 0 Å². The van der Waals surface area contributed by atoms with Gasteiger partial charge in [-0.25, -0.2) is 4.98 Å². The number of pyridine rings is 1. The smallest absolute Gasteiger partial charge is 0.255 e. The highest BCUT2D eigenvalue weighted by Crippen LogP contribution is 2.30. The Morgan fingerprint density at radius 1 is 1.33 bits per heavy atom. The number of halogens is 3. The molecule has 15 heavy (non-hydrogen) atoms. The summed E-state index contributed by atoms with van der Waals surface area (Å²) in [5.74, 6) is -0.629. The Morgan fingerprint density at radius 3 is 2.67 bits per heavy atom. The van der Waals surface area contributed by atoms with Gasteiger partial charge in [0.1, 0.15) is 11.3 Å². The lowest BCUT2D eigenvalue weighted by Gasteiger charge is -2.05. The number of Topliss-reactive ketones (excluding diaryl/α,β-unsaturated/α-hetero) is 1. The molecule has 3 nitrogen and oxygen atoms in total. The van der Waals surface area contributed by atoms with Gasteiger partial charge in [-0.15, -0.1) is 0 Å². The quantitative estimate of drug-likeness (QED) is 0.586. The summed E-state index contributed by atoms with van der Waals surface area (Å²) in [4.78, 5) is 15.6. The summed E-state index contributed by atoms with van der Waals surface area (Å²) in [6.45, 7) is 0. The van der Waals surface area contributed by atoms with Crippen LogP contribution in [0.2, 0.25) is 0 Å². The molecule has 0 aliphatic rings. The number of fused-ring (bicyclic) bond motifs is 1. The Labute approximate surface area is 101 Å². The fourth-order valence-corrected chi connectivity index (χ4v) is 1.48. The molecule has 0 unspecified atom stereocenters. The number of ketones is 1. The van der Waals surface area contributed by atoms with Crippen molar-refractivity contribution >= 4 is 46.2 Å². The molecule has 0 saturated carbocycles. The van der Waals surface area contributed by atoms with Gasteiger partial charge in [0, 0.05) is 12.4 Å². The molecule has 2 rings (SSSR count). The molecule has 0 bridgehead atoms. The highest BCUT2D eigenvalue weighted by atomic mass is 35.6. The van der Waals surface area contributed by atoms with Crippen molar-refractivity contribution in [3.8, 4) is 0 Å². The number of imidazole rings is 1. The number of alkyl halides is 3. The molecule has 0 N–H and O–H groups in total. The zero-order valence-electron chi connectivity index (χ0n) is 7.32. The van der Waals surface area contributed by atoms with Crippen LogP contribution in [0.5, 0.6) is 0 Å². The van der Waals surface area contributed by atoms with E-state index in [9.17, 15) is 4.79 Å². The highest BCUT2D eigenvalue weighted by molar-refractivity contribution is 6.77. The number of hydrogen-bond donors (Lipinski definition) is 0. The number of carbonyl (C=O) groups is 1. The zero-order chi connectivity index (χ0) is 11.1. The van der Waals surface area contributed by atoms with Crippen molar-refractivity contribution in [1.82, 2.24) is 9.38 Å². The first kappa shape index (κ1) is 10.7. The Balaban J connectivity index is 2.50. The maximum absolute atomic E-state index is 11.6. The predicted octanol–water partition coefficient (Wildman–Crippen LogP) is 2.89. The van der Waals surface area contributed by atoms with E-state index in [2.05, 4.69) is 4.98 Å². The van der Waals surface area contributed by atoms with E-state index in [4.69, 9.17) is 34.8 Å². The van der Waals surface area contributed by atoms with Crippen LogP contribution in [0.15, 0.2) is 30.6 Å². The van der Waals surface area contributed by atoms with Crippen LogP contribution in [-0.2, 0) is 0 Å². The molecular formula is C9H5Cl3N2O. The van der Waals surface area contributed by atoms with E-state index in [-0.39, 0.29) is 5.69 Å². The lowest BCUT2D eigenvalue weighted by atomic mass is 10.3. The van der Waals surface area contributed by atoms with Gasteiger partial charge in [-0.05, 0) is 12.1 Å². The molecular weight excluding hydrogens is 258 g/mol. The van der Waals surface area contributed by atoms with E-state index in [0.717, 1.165) is 0 Å². The van der Waals surface area contributed by atoms with E-state index in [1.165, 1.54) is 6.20 Å². The van der Waals surface area contributed by atoms with Gasteiger partial charge in [0.15, 0.2) is 0 Å². The fraction of sp³-hybridized carbons (Fsp3) is 0.111. The topological polar surface area (TPSA) is 34.4 Å². The fourth-order valence-electron chi connectivity index (χ4n) is 1.19. The number of nitrogens with zero attached hydrogens (tertiary/aromatic N) is 2. The van der Waals surface area contributed by atoms with Gasteiger partial charge >= 0.3 is 0 Å². The van der Waals surface area contributed by atoms with E-state index < -0.39 is 9.58 Å². The minimum absolute atomic E-state index is 0.140. The average Bonchev–Trinajstić information content (AvgIpc) is 2.58. The molecule has 6 heteroatoms. The summed E-state index contributed by atoms with van der Waals surface area (Å²) >= 11 is 16.4. The summed E-state index contributed by atoms with van der Waals surface area (Å²) in [6, 6.07) is 5.39. The van der Waals surface area contributed by atoms with Crippen LogP contribution in [0.1, 0.15) is 10.5 Å². The van der Waals surface area contributed by atoms with Crippen LogP contribution in [-0.4, -0.2) is 19.0 Å². The first-order chi connectivity index (χ1) is 6.98. The van der Waals surface area contributed by atoms with Crippen molar-refractivity contribution in [2.75, 3.05) is 0 Å². The molecule has 0 saturated heterocycles. The van der Waals surface area contributed by atoms with Crippen LogP contribution in [0.25, 0.3) is 5.65 Å². The van der Waals surface area contributed by atoms with Gasteiger partial charge < -0.3 is 4.40 Å². The third kappa shape index (κ3) is 2.09. The lowest BCUT2D eigenvalue weighted by molar-refractivity contribution is 0.0992. The molecule has 0 aliphatic heterocycles. The SMILES string of the molecule is O=C(c1cn2ccccc2n1)C(Cl)(Cl)Cl. The lowest BCUT2D eigenvalue weighted by Crippen LogP contribution is -2.19. The summed E-state index contributed by atoms with van der Waals surface area (Å²) in [5, 5.41) is 0. The Kier molecular flexibility index (Phi) is 2.63. The van der Waals surface area contributed by atoms with Crippen molar-refractivity contribution < 1.29 is 4.79 Å². The predicted molar refractivity (Wildman–Crippen MR) is 59.8 cm³/mol. The first-order valence-corrected chi connectivity index (χ1v) is 5.17. The van der Waals surface area contributed by atoms with Crippen LogP contribution in [0, 0.1) is 0 Å². The van der Waals surface area contributed by atoms with E-state index in [0.29, 0.717) is 5.65 Å². The molecule has 0 aliphatic carbocycles. The molecule has 2 aromatic rings. The van der Waals surface area contributed by atoms with Gasteiger partial charge in [0.05, 0.1) is 0 Å². The van der Waals surface area contributed by atoms with Crippen molar-refractivity contribution in [2.45, 2.75) is 3.79 Å². The Hall–Kier alpha value is -0.770. The molecule has 0 aromatic carbocycles. The van der Waals surface area contributed by atoms with Crippen LogP contribution >= 0.6 is 34.8 Å². The summed E-state index contributed by atoms with van der Waals surface area (Å²) < 4.78 is -0.276. The average molecular weight is 264 g/mol. The molecule has 2 aromatic heterocycles. The monoisotopic (exact) mass is 262 g/mol. The number of hydrogen-bond acceptors (Lipinski definition) is 2. The van der Waals surface area contributed by atoms with Gasteiger partial charge in [0.25, 0.3) is 3.79 Å². The number of aromatic nitrogens is 2.